The Morgan fingerprint density at radius 3 is 2.14 bits per heavy atom. The molecule has 0 spiro atoms. The van der Waals surface area contributed by atoms with Gasteiger partial charge in [-0.2, -0.15) is 0 Å². The molecule has 1 N–H and O–H groups in total. The Labute approximate surface area is 169 Å². The van der Waals surface area contributed by atoms with E-state index in [2.05, 4.69) is 5.32 Å². The summed E-state index contributed by atoms with van der Waals surface area (Å²) >= 11 is 0. The fourth-order valence-electron chi connectivity index (χ4n) is 3.87. The van der Waals surface area contributed by atoms with Gasteiger partial charge in [-0.3, -0.25) is 9.59 Å². The second-order valence-corrected chi connectivity index (χ2v) is 10.0. The summed E-state index contributed by atoms with van der Waals surface area (Å²) in [6.45, 7) is 13.3. The Kier molecular flexibility index (Phi) is 6.99. The first-order valence-corrected chi connectivity index (χ1v) is 10.5. The number of piperidine rings is 2. The van der Waals surface area contributed by atoms with E-state index in [-0.39, 0.29) is 17.9 Å². The van der Waals surface area contributed by atoms with Gasteiger partial charge in [0, 0.05) is 32.1 Å². The molecule has 7 nitrogen and oxygen atoms in total. The standard InChI is InChI=1S/C21H37N3O4/c1-20(2,3)17(22-19(27)28-21(4,5)6)18(26)23-13-10-15(11-14-23)24-12-8-7-9-16(24)25/h15,17H,7-14H2,1-6H3,(H,22,27)/t17-/m0/s1. The molecule has 2 rings (SSSR count). The van der Waals surface area contributed by atoms with Gasteiger partial charge in [-0.05, 0) is 51.9 Å². The Bertz CT molecular complexity index is 583. The third-order valence-electron chi connectivity index (χ3n) is 5.35. The summed E-state index contributed by atoms with van der Waals surface area (Å²) in [6, 6.07) is -0.431. The van der Waals surface area contributed by atoms with E-state index in [1.807, 2.05) is 30.6 Å². The van der Waals surface area contributed by atoms with Crippen molar-refractivity contribution in [3.63, 3.8) is 0 Å². The SMILES string of the molecule is CC(C)(C)OC(=O)N[C@@H](C(=O)N1CCC(N2CCCCC2=O)CC1)C(C)(C)C. The number of nitrogens with zero attached hydrogens (tertiary/aromatic N) is 2. The van der Waals surface area contributed by atoms with Crippen molar-refractivity contribution in [2.75, 3.05) is 19.6 Å². The number of alkyl carbamates (subject to hydrolysis) is 1. The quantitative estimate of drug-likeness (QED) is 0.797. The minimum atomic E-state index is -0.657. The Balaban J connectivity index is 1.97. The van der Waals surface area contributed by atoms with Gasteiger partial charge in [0.2, 0.25) is 11.8 Å². The molecule has 0 aromatic carbocycles. The van der Waals surface area contributed by atoms with Crippen molar-refractivity contribution in [1.82, 2.24) is 15.1 Å². The van der Waals surface area contributed by atoms with Crippen LogP contribution in [0.2, 0.25) is 0 Å². The maximum Gasteiger partial charge on any atom is 0.408 e. The summed E-state index contributed by atoms with van der Waals surface area (Å²) in [4.78, 5) is 41.4. The molecule has 7 heteroatoms. The number of nitrogens with one attached hydrogen (secondary N) is 1. The van der Waals surface area contributed by atoms with Crippen LogP contribution in [0.4, 0.5) is 4.79 Å². The number of ether oxygens (including phenoxy) is 1. The van der Waals surface area contributed by atoms with Crippen LogP contribution in [0, 0.1) is 5.41 Å². The lowest BCUT2D eigenvalue weighted by atomic mass is 9.85. The highest BCUT2D eigenvalue weighted by molar-refractivity contribution is 5.86. The van der Waals surface area contributed by atoms with Gasteiger partial charge in [-0.1, -0.05) is 20.8 Å². The van der Waals surface area contributed by atoms with E-state index in [0.717, 1.165) is 32.2 Å². The molecule has 2 fully saturated rings. The topological polar surface area (TPSA) is 79.0 Å². The van der Waals surface area contributed by atoms with Gasteiger partial charge >= 0.3 is 6.09 Å². The highest BCUT2D eigenvalue weighted by atomic mass is 16.6. The molecule has 1 atom stereocenters. The molecule has 2 saturated heterocycles. The highest BCUT2D eigenvalue weighted by Gasteiger charge is 2.39. The van der Waals surface area contributed by atoms with E-state index >= 15 is 0 Å². The Hall–Kier alpha value is -1.79. The summed E-state index contributed by atoms with van der Waals surface area (Å²) < 4.78 is 5.34. The van der Waals surface area contributed by atoms with Crippen LogP contribution in [-0.2, 0) is 14.3 Å². The minimum Gasteiger partial charge on any atom is -0.444 e. The number of amides is 3. The zero-order valence-electron chi connectivity index (χ0n) is 18.3. The van der Waals surface area contributed by atoms with E-state index in [4.69, 9.17) is 4.74 Å². The van der Waals surface area contributed by atoms with Crippen LogP contribution in [0.3, 0.4) is 0 Å². The number of likely N-dealkylation sites (tertiary alicyclic amines) is 2. The van der Waals surface area contributed by atoms with Crippen molar-refractivity contribution in [3.8, 4) is 0 Å². The predicted molar refractivity (Wildman–Crippen MR) is 108 cm³/mol. The molecular formula is C21H37N3O4. The highest BCUT2D eigenvalue weighted by Crippen LogP contribution is 2.26. The molecule has 2 aliphatic rings. The van der Waals surface area contributed by atoms with E-state index in [1.165, 1.54) is 0 Å². The molecule has 0 aromatic heterocycles. The van der Waals surface area contributed by atoms with Crippen LogP contribution in [0.5, 0.6) is 0 Å². The average molecular weight is 396 g/mol. The van der Waals surface area contributed by atoms with Crippen molar-refractivity contribution < 1.29 is 19.1 Å². The molecule has 0 saturated carbocycles. The summed E-state index contributed by atoms with van der Waals surface area (Å²) in [5.74, 6) is 0.164. The third kappa shape index (κ3) is 6.11. The van der Waals surface area contributed by atoms with Crippen molar-refractivity contribution in [2.45, 2.75) is 91.3 Å². The van der Waals surface area contributed by atoms with Gasteiger partial charge < -0.3 is 19.9 Å². The fraction of sp³-hybridized carbons (Fsp3) is 0.857. The van der Waals surface area contributed by atoms with E-state index in [9.17, 15) is 14.4 Å². The normalized spacial score (nSPS) is 20.7. The van der Waals surface area contributed by atoms with Gasteiger partial charge in [0.15, 0.2) is 0 Å². The zero-order valence-corrected chi connectivity index (χ0v) is 18.3. The van der Waals surface area contributed by atoms with Crippen molar-refractivity contribution >= 4 is 17.9 Å². The van der Waals surface area contributed by atoms with Crippen molar-refractivity contribution in [3.05, 3.63) is 0 Å². The van der Waals surface area contributed by atoms with Crippen molar-refractivity contribution in [1.29, 1.82) is 0 Å². The number of carbonyl (C=O) groups is 3. The Morgan fingerprint density at radius 1 is 1.04 bits per heavy atom. The second-order valence-electron chi connectivity index (χ2n) is 10.0. The number of hydrogen-bond acceptors (Lipinski definition) is 4. The summed E-state index contributed by atoms with van der Waals surface area (Å²) in [5, 5.41) is 2.78. The lowest BCUT2D eigenvalue weighted by molar-refractivity contribution is -0.140. The minimum absolute atomic E-state index is 0.0817. The van der Waals surface area contributed by atoms with E-state index in [1.54, 1.807) is 20.8 Å². The first-order chi connectivity index (χ1) is 12.9. The molecule has 2 aliphatic heterocycles. The van der Waals surface area contributed by atoms with Gasteiger partial charge in [-0.25, -0.2) is 4.79 Å². The number of rotatable bonds is 3. The van der Waals surface area contributed by atoms with Gasteiger partial charge in [0.05, 0.1) is 0 Å². The molecule has 3 amide bonds. The van der Waals surface area contributed by atoms with Crippen molar-refractivity contribution in [2.24, 2.45) is 5.41 Å². The average Bonchev–Trinajstić information content (AvgIpc) is 2.57. The lowest BCUT2D eigenvalue weighted by Gasteiger charge is -2.42. The fourth-order valence-corrected chi connectivity index (χ4v) is 3.87. The maximum absolute atomic E-state index is 13.2. The van der Waals surface area contributed by atoms with Crippen LogP contribution in [0.15, 0.2) is 0 Å². The zero-order chi connectivity index (χ0) is 21.1. The van der Waals surface area contributed by atoms with Crippen LogP contribution < -0.4 is 5.32 Å². The van der Waals surface area contributed by atoms with Gasteiger partial charge in [0.25, 0.3) is 0 Å². The lowest BCUT2D eigenvalue weighted by Crippen LogP contribution is -2.58. The summed E-state index contributed by atoms with van der Waals surface area (Å²) in [5.41, 5.74) is -1.05. The first kappa shape index (κ1) is 22.5. The summed E-state index contributed by atoms with van der Waals surface area (Å²) in [7, 11) is 0. The molecule has 0 aromatic rings. The maximum atomic E-state index is 13.2. The van der Waals surface area contributed by atoms with Gasteiger partial charge in [-0.15, -0.1) is 0 Å². The molecule has 28 heavy (non-hydrogen) atoms. The predicted octanol–water partition coefficient (Wildman–Crippen LogP) is 2.93. The first-order valence-electron chi connectivity index (χ1n) is 10.5. The number of hydrogen-bond donors (Lipinski definition) is 1. The monoisotopic (exact) mass is 395 g/mol. The molecule has 0 unspecified atom stereocenters. The second kappa shape index (κ2) is 8.70. The van der Waals surface area contributed by atoms with Crippen LogP contribution >= 0.6 is 0 Å². The van der Waals surface area contributed by atoms with E-state index < -0.39 is 23.2 Å². The smallest absolute Gasteiger partial charge is 0.408 e. The largest absolute Gasteiger partial charge is 0.444 e. The third-order valence-corrected chi connectivity index (χ3v) is 5.35. The van der Waals surface area contributed by atoms with Crippen LogP contribution in [0.1, 0.15) is 73.6 Å². The van der Waals surface area contributed by atoms with Crippen LogP contribution in [-0.4, -0.2) is 65.0 Å². The van der Waals surface area contributed by atoms with Crippen LogP contribution in [0.25, 0.3) is 0 Å². The summed E-state index contributed by atoms with van der Waals surface area (Å²) in [6.07, 6.45) is 3.70. The molecular weight excluding hydrogens is 358 g/mol. The van der Waals surface area contributed by atoms with Gasteiger partial charge in [0.1, 0.15) is 11.6 Å². The number of carbonyl (C=O) groups excluding carboxylic acids is 3. The van der Waals surface area contributed by atoms with E-state index in [0.29, 0.717) is 19.5 Å². The molecule has 0 bridgehead atoms. The molecule has 0 radical (unpaired) electrons. The Morgan fingerprint density at radius 2 is 1.64 bits per heavy atom. The molecule has 0 aliphatic carbocycles. The molecule has 2 heterocycles. The molecule has 160 valence electrons.